The Kier molecular flexibility index (Phi) is 5.15. The van der Waals surface area contributed by atoms with Gasteiger partial charge < -0.3 is 5.11 Å². The number of aromatic nitrogens is 1. The molecular weight excluding hydrogens is 374 g/mol. The quantitative estimate of drug-likeness (QED) is 0.375. The van der Waals surface area contributed by atoms with Crippen LogP contribution in [0.3, 0.4) is 0 Å². The van der Waals surface area contributed by atoms with E-state index in [4.69, 9.17) is 11.6 Å². The number of hydrogen-bond acceptors (Lipinski definition) is 2. The normalized spacial score (nSPS) is 11.8. The molecule has 136 valence electrons. The summed E-state index contributed by atoms with van der Waals surface area (Å²) in [7, 11) is 0. The third kappa shape index (κ3) is 3.58. The van der Waals surface area contributed by atoms with Crippen molar-refractivity contribution in [2.45, 2.75) is 26.3 Å². The van der Waals surface area contributed by atoms with Gasteiger partial charge in [0.05, 0.1) is 0 Å². The number of rotatable bonds is 5. The van der Waals surface area contributed by atoms with Gasteiger partial charge in [-0.1, -0.05) is 66.6 Å². The van der Waals surface area contributed by atoms with E-state index in [0.717, 1.165) is 45.8 Å². The molecule has 1 N–H and O–H groups in total. The highest BCUT2D eigenvalue weighted by atomic mass is 35.5. The maximum atomic E-state index is 10.4. The van der Waals surface area contributed by atoms with E-state index in [1.54, 1.807) is 17.4 Å². The van der Waals surface area contributed by atoms with Gasteiger partial charge in [0.1, 0.15) is 10.4 Å². The van der Waals surface area contributed by atoms with E-state index in [-0.39, 0.29) is 0 Å². The Hall–Kier alpha value is -2.36. The highest BCUT2D eigenvalue weighted by Crippen LogP contribution is 2.30. The van der Waals surface area contributed by atoms with Gasteiger partial charge in [-0.25, -0.2) is 0 Å². The van der Waals surface area contributed by atoms with E-state index in [0.29, 0.717) is 5.75 Å². The molecule has 3 aromatic carbocycles. The number of fused-ring (bicyclic) bond motifs is 2. The highest BCUT2D eigenvalue weighted by molar-refractivity contribution is 7.18. The number of thiazole rings is 1. The van der Waals surface area contributed by atoms with Crippen molar-refractivity contribution in [1.29, 1.82) is 0 Å². The predicted octanol–water partition coefficient (Wildman–Crippen LogP) is 6.67. The molecule has 0 saturated heterocycles. The first-order valence-corrected chi connectivity index (χ1v) is 10.4. The number of nitrogens with zero attached hydrogens (tertiary/aromatic N) is 1. The Morgan fingerprint density at radius 1 is 1.07 bits per heavy atom. The van der Waals surface area contributed by atoms with Crippen LogP contribution in [0, 0.1) is 0 Å². The Bertz CT molecular complexity index is 1150. The number of aryl methyl sites for hydroxylation is 1. The second kappa shape index (κ2) is 7.71. The fourth-order valence-electron chi connectivity index (χ4n) is 3.36. The molecule has 0 aliphatic rings. The predicted molar refractivity (Wildman–Crippen MR) is 116 cm³/mol. The zero-order valence-corrected chi connectivity index (χ0v) is 16.7. The van der Waals surface area contributed by atoms with Crippen LogP contribution in [0.2, 0.25) is 5.02 Å². The van der Waals surface area contributed by atoms with E-state index in [9.17, 15) is 5.11 Å². The fourth-order valence-corrected chi connectivity index (χ4v) is 4.73. The van der Waals surface area contributed by atoms with Crippen LogP contribution in [-0.2, 0) is 6.54 Å². The number of unbranched alkanes of at least 4 members (excludes halogenated alkanes) is 1. The molecule has 0 spiro atoms. The second-order valence-electron chi connectivity index (χ2n) is 6.61. The van der Waals surface area contributed by atoms with Crippen LogP contribution in [0.15, 0.2) is 54.6 Å². The van der Waals surface area contributed by atoms with Gasteiger partial charge in [0, 0.05) is 29.1 Å². The lowest BCUT2D eigenvalue weighted by atomic mass is 10.0. The van der Waals surface area contributed by atoms with Crippen LogP contribution in [0.4, 0.5) is 0 Å². The summed E-state index contributed by atoms with van der Waals surface area (Å²) in [4.78, 5) is 0. The molecule has 0 aliphatic heterocycles. The summed E-state index contributed by atoms with van der Waals surface area (Å²) in [5.41, 5.74) is 2.06. The van der Waals surface area contributed by atoms with E-state index in [2.05, 4.69) is 29.7 Å². The van der Waals surface area contributed by atoms with Gasteiger partial charge in [0.2, 0.25) is 5.52 Å². The zero-order chi connectivity index (χ0) is 18.8. The molecule has 0 saturated carbocycles. The van der Waals surface area contributed by atoms with Crippen LogP contribution in [0.1, 0.15) is 30.3 Å². The minimum atomic E-state index is 0.300. The van der Waals surface area contributed by atoms with Crippen molar-refractivity contribution in [3.63, 3.8) is 0 Å². The lowest BCUT2D eigenvalue weighted by Gasteiger charge is -2.04. The highest BCUT2D eigenvalue weighted by Gasteiger charge is 2.18. The number of phenols is 1. The smallest absolute Gasteiger partial charge is 0.262 e. The van der Waals surface area contributed by atoms with Crippen molar-refractivity contribution < 1.29 is 9.67 Å². The third-order valence-corrected chi connectivity index (χ3v) is 6.12. The maximum Gasteiger partial charge on any atom is 0.262 e. The Morgan fingerprint density at radius 3 is 2.78 bits per heavy atom. The number of halogens is 1. The average molecular weight is 395 g/mol. The summed E-state index contributed by atoms with van der Waals surface area (Å²) >= 11 is 7.92. The molecule has 1 aromatic heterocycles. The van der Waals surface area contributed by atoms with Crippen molar-refractivity contribution in [2.75, 3.05) is 0 Å². The third-order valence-electron chi connectivity index (χ3n) is 4.77. The standard InChI is InChI=1S/C23H20ClNOS/c1-2-3-14-25-20-11-9-17(24)15-22(20)27-23(25)13-10-19-18-7-5-4-6-16(18)8-12-21(19)26/h4-13,15H,2-3,14H2,1H3/p+1. The van der Waals surface area contributed by atoms with Gasteiger partial charge in [-0.3, -0.25) is 0 Å². The van der Waals surface area contributed by atoms with Crippen molar-refractivity contribution >= 4 is 56.1 Å². The molecule has 0 aliphatic carbocycles. The summed E-state index contributed by atoms with van der Waals surface area (Å²) in [6, 6.07) is 17.9. The molecule has 0 radical (unpaired) electrons. The number of aromatic hydroxyl groups is 1. The maximum absolute atomic E-state index is 10.4. The van der Waals surface area contributed by atoms with Crippen molar-refractivity contribution in [1.82, 2.24) is 0 Å². The molecule has 0 atom stereocenters. The van der Waals surface area contributed by atoms with Crippen LogP contribution < -0.4 is 4.57 Å². The molecule has 0 bridgehead atoms. The Labute approximate surface area is 168 Å². The van der Waals surface area contributed by atoms with Gasteiger partial charge in [-0.05, 0) is 35.0 Å². The summed E-state index contributed by atoms with van der Waals surface area (Å²) in [5, 5.41) is 14.5. The fraction of sp³-hybridized carbons (Fsp3) is 0.174. The lowest BCUT2D eigenvalue weighted by Crippen LogP contribution is -2.34. The van der Waals surface area contributed by atoms with Gasteiger partial charge in [-0.2, -0.15) is 4.57 Å². The molecule has 0 amide bonds. The zero-order valence-electron chi connectivity index (χ0n) is 15.2. The molecule has 27 heavy (non-hydrogen) atoms. The minimum absolute atomic E-state index is 0.300. The minimum Gasteiger partial charge on any atom is -0.507 e. The van der Waals surface area contributed by atoms with Gasteiger partial charge in [-0.15, -0.1) is 0 Å². The van der Waals surface area contributed by atoms with Crippen LogP contribution in [0.5, 0.6) is 5.75 Å². The molecule has 0 unspecified atom stereocenters. The topological polar surface area (TPSA) is 24.1 Å². The van der Waals surface area contributed by atoms with Crippen LogP contribution in [-0.4, -0.2) is 5.11 Å². The van der Waals surface area contributed by atoms with Gasteiger partial charge in [0.15, 0.2) is 6.54 Å². The Morgan fingerprint density at radius 2 is 1.93 bits per heavy atom. The number of hydrogen-bond donors (Lipinski definition) is 1. The summed E-state index contributed by atoms with van der Waals surface area (Å²) in [6.07, 6.45) is 6.40. The van der Waals surface area contributed by atoms with Crippen molar-refractivity contribution in [3.8, 4) is 5.75 Å². The largest absolute Gasteiger partial charge is 0.507 e. The molecular formula is C23H21ClNOS+. The molecule has 4 aromatic rings. The van der Waals surface area contributed by atoms with Crippen LogP contribution in [0.25, 0.3) is 33.1 Å². The summed E-state index contributed by atoms with van der Waals surface area (Å²) in [6.45, 7) is 3.18. The van der Waals surface area contributed by atoms with E-state index in [1.807, 2.05) is 42.5 Å². The number of phenolic OH excluding ortho intramolecular Hbond substituents is 1. The summed E-state index contributed by atoms with van der Waals surface area (Å²) in [5.74, 6) is 0.300. The van der Waals surface area contributed by atoms with Crippen molar-refractivity contribution in [3.05, 3.63) is 70.2 Å². The number of benzene rings is 3. The second-order valence-corrected chi connectivity index (χ2v) is 8.11. The van der Waals surface area contributed by atoms with E-state index >= 15 is 0 Å². The monoisotopic (exact) mass is 394 g/mol. The summed E-state index contributed by atoms with van der Waals surface area (Å²) < 4.78 is 3.53. The first-order chi connectivity index (χ1) is 13.2. The first kappa shape index (κ1) is 18.0. The molecule has 0 fully saturated rings. The average Bonchev–Trinajstić information content (AvgIpc) is 3.02. The van der Waals surface area contributed by atoms with Gasteiger partial charge >= 0.3 is 0 Å². The lowest BCUT2D eigenvalue weighted by molar-refractivity contribution is -0.669. The van der Waals surface area contributed by atoms with E-state index in [1.165, 1.54) is 10.2 Å². The van der Waals surface area contributed by atoms with Crippen molar-refractivity contribution in [2.24, 2.45) is 0 Å². The van der Waals surface area contributed by atoms with E-state index < -0.39 is 0 Å². The SMILES string of the molecule is CCCC[n+]1c(C=Cc2c(O)ccc3ccccc23)sc2cc(Cl)ccc21. The molecule has 4 heteroatoms. The molecule has 2 nitrogen and oxygen atoms in total. The molecule has 4 rings (SSSR count). The van der Waals surface area contributed by atoms with Gasteiger partial charge in [0.25, 0.3) is 5.01 Å². The molecule has 1 heterocycles. The van der Waals surface area contributed by atoms with Crippen LogP contribution >= 0.6 is 22.9 Å². The first-order valence-electron chi connectivity index (χ1n) is 9.18. The Balaban J connectivity index is 1.82.